The first-order chi connectivity index (χ1) is 13.8. The zero-order valence-electron chi connectivity index (χ0n) is 15.7. The molecule has 1 saturated heterocycles. The van der Waals surface area contributed by atoms with Crippen molar-refractivity contribution < 1.29 is 9.13 Å². The molecule has 2 N–H and O–H groups in total. The molecule has 0 radical (unpaired) electrons. The number of anilines is 2. The Labute approximate surface area is 163 Å². The Morgan fingerprint density at radius 3 is 2.96 bits per heavy atom. The molecule has 1 atom stereocenters. The number of halogens is 1. The summed E-state index contributed by atoms with van der Waals surface area (Å²) in [6, 6.07) is 8.25. The van der Waals surface area contributed by atoms with Gasteiger partial charge in [-0.15, -0.1) is 0 Å². The average molecular weight is 381 g/mol. The lowest BCUT2D eigenvalue weighted by Crippen LogP contribution is -2.33. The predicted molar refractivity (Wildman–Crippen MR) is 106 cm³/mol. The summed E-state index contributed by atoms with van der Waals surface area (Å²) in [4.78, 5) is 4.74. The minimum Gasteiger partial charge on any atom is -0.477 e. The predicted octanol–water partition coefficient (Wildman–Crippen LogP) is 3.87. The first-order valence-electron chi connectivity index (χ1n) is 10.0. The number of aromatic nitrogens is 3. The third-order valence-corrected chi connectivity index (χ3v) is 5.46. The first kappa shape index (κ1) is 17.4. The number of piperidine rings is 1. The number of nitrogens with one attached hydrogen (secondary N) is 2. The summed E-state index contributed by atoms with van der Waals surface area (Å²) in [6.07, 6.45) is 6.60. The maximum atomic E-state index is 13.6. The topological polar surface area (TPSA) is 63.5 Å². The minimum atomic E-state index is -0.282. The van der Waals surface area contributed by atoms with Gasteiger partial charge in [0, 0.05) is 29.8 Å². The van der Waals surface area contributed by atoms with Crippen molar-refractivity contribution in [3.8, 4) is 5.88 Å². The number of fused-ring (bicyclic) bond motifs is 1. The number of ether oxygens (including phenoxy) is 1. The number of hydrogen-bond acceptors (Lipinski definition) is 5. The van der Waals surface area contributed by atoms with E-state index in [1.807, 2.05) is 18.3 Å². The third-order valence-electron chi connectivity index (χ3n) is 5.46. The van der Waals surface area contributed by atoms with Gasteiger partial charge >= 0.3 is 0 Å². The molecule has 7 heteroatoms. The van der Waals surface area contributed by atoms with E-state index in [9.17, 15) is 4.39 Å². The SMILES string of the molecule is Fc1cccc(Nc2cc(OC[C@H]3CCCNC3)nc3c(C4CC4)cnn23)c1. The highest BCUT2D eigenvalue weighted by atomic mass is 19.1. The van der Waals surface area contributed by atoms with Crippen LogP contribution in [0.4, 0.5) is 15.9 Å². The van der Waals surface area contributed by atoms with Crippen LogP contribution in [0, 0.1) is 11.7 Å². The van der Waals surface area contributed by atoms with E-state index in [0.717, 1.165) is 30.1 Å². The van der Waals surface area contributed by atoms with E-state index in [1.165, 1.54) is 37.8 Å². The van der Waals surface area contributed by atoms with E-state index in [-0.39, 0.29) is 5.82 Å². The molecular weight excluding hydrogens is 357 g/mol. The van der Waals surface area contributed by atoms with Gasteiger partial charge in [-0.25, -0.2) is 4.39 Å². The molecule has 2 aliphatic rings. The van der Waals surface area contributed by atoms with E-state index >= 15 is 0 Å². The fourth-order valence-corrected chi connectivity index (χ4v) is 3.79. The molecule has 3 aromatic rings. The molecule has 6 nitrogen and oxygen atoms in total. The summed E-state index contributed by atoms with van der Waals surface area (Å²) >= 11 is 0. The van der Waals surface area contributed by atoms with Crippen LogP contribution in [0.5, 0.6) is 5.88 Å². The molecule has 2 fully saturated rings. The van der Waals surface area contributed by atoms with Gasteiger partial charge < -0.3 is 15.4 Å². The molecule has 1 aliphatic heterocycles. The Kier molecular flexibility index (Phi) is 4.60. The number of rotatable bonds is 6. The summed E-state index contributed by atoms with van der Waals surface area (Å²) in [6.45, 7) is 2.71. The first-order valence-corrected chi connectivity index (χ1v) is 10.0. The van der Waals surface area contributed by atoms with E-state index in [2.05, 4.69) is 15.7 Å². The maximum absolute atomic E-state index is 13.6. The fraction of sp³-hybridized carbons (Fsp3) is 0.429. The average Bonchev–Trinajstić information content (AvgIpc) is 3.46. The Balaban J connectivity index is 1.46. The van der Waals surface area contributed by atoms with Crippen LogP contribution in [-0.4, -0.2) is 34.3 Å². The Bertz CT molecular complexity index is 978. The lowest BCUT2D eigenvalue weighted by Gasteiger charge is -2.22. The summed E-state index contributed by atoms with van der Waals surface area (Å²) in [5.41, 5.74) is 2.64. The monoisotopic (exact) mass is 381 g/mol. The van der Waals surface area contributed by atoms with Gasteiger partial charge in [0.15, 0.2) is 5.65 Å². The van der Waals surface area contributed by atoms with Crippen molar-refractivity contribution in [1.29, 1.82) is 0 Å². The van der Waals surface area contributed by atoms with E-state index in [0.29, 0.717) is 30.0 Å². The quantitative estimate of drug-likeness (QED) is 0.679. The summed E-state index contributed by atoms with van der Waals surface area (Å²) in [5.74, 6) is 2.05. The highest BCUT2D eigenvalue weighted by molar-refractivity contribution is 5.63. The molecule has 146 valence electrons. The Hall–Kier alpha value is -2.67. The van der Waals surface area contributed by atoms with Gasteiger partial charge in [0.1, 0.15) is 11.6 Å². The second kappa shape index (κ2) is 7.39. The van der Waals surface area contributed by atoms with Gasteiger partial charge in [0.25, 0.3) is 0 Å². The fourth-order valence-electron chi connectivity index (χ4n) is 3.79. The largest absolute Gasteiger partial charge is 0.477 e. The standard InChI is InChI=1S/C21H24FN5O/c22-16-4-1-5-17(9-16)25-19-10-20(28-13-14-3-2-8-23-11-14)26-21-18(15-6-7-15)12-24-27(19)21/h1,4-5,9-10,12,14-15,23,25H,2-3,6-8,11,13H2/t14-/m0/s1. The highest BCUT2D eigenvalue weighted by Gasteiger charge is 2.28. The van der Waals surface area contributed by atoms with Gasteiger partial charge in [0.2, 0.25) is 5.88 Å². The smallest absolute Gasteiger partial charge is 0.219 e. The van der Waals surface area contributed by atoms with Gasteiger partial charge in [-0.2, -0.15) is 14.6 Å². The molecule has 0 spiro atoms. The number of hydrogen-bond donors (Lipinski definition) is 2. The lowest BCUT2D eigenvalue weighted by molar-refractivity contribution is 0.212. The Morgan fingerprint density at radius 2 is 2.18 bits per heavy atom. The van der Waals surface area contributed by atoms with Crippen molar-refractivity contribution in [1.82, 2.24) is 19.9 Å². The van der Waals surface area contributed by atoms with Crippen LogP contribution < -0.4 is 15.4 Å². The molecule has 28 heavy (non-hydrogen) atoms. The van der Waals surface area contributed by atoms with E-state index < -0.39 is 0 Å². The van der Waals surface area contributed by atoms with Crippen LogP contribution in [0.15, 0.2) is 36.5 Å². The molecule has 1 saturated carbocycles. The zero-order chi connectivity index (χ0) is 18.9. The van der Waals surface area contributed by atoms with Crippen LogP contribution in [-0.2, 0) is 0 Å². The molecule has 0 bridgehead atoms. The molecule has 0 amide bonds. The number of benzene rings is 1. The Morgan fingerprint density at radius 1 is 1.25 bits per heavy atom. The van der Waals surface area contributed by atoms with Crippen molar-refractivity contribution in [3.63, 3.8) is 0 Å². The summed E-state index contributed by atoms with van der Waals surface area (Å²) < 4.78 is 21.5. The van der Waals surface area contributed by atoms with Gasteiger partial charge in [0.05, 0.1) is 12.8 Å². The van der Waals surface area contributed by atoms with Crippen molar-refractivity contribution in [2.45, 2.75) is 31.6 Å². The van der Waals surface area contributed by atoms with Crippen LogP contribution in [0.1, 0.15) is 37.2 Å². The van der Waals surface area contributed by atoms with Crippen LogP contribution in [0.3, 0.4) is 0 Å². The van der Waals surface area contributed by atoms with Crippen LogP contribution >= 0.6 is 0 Å². The second-order valence-corrected chi connectivity index (χ2v) is 7.75. The van der Waals surface area contributed by atoms with Crippen molar-refractivity contribution in [2.75, 3.05) is 25.0 Å². The van der Waals surface area contributed by atoms with Crippen LogP contribution in [0.25, 0.3) is 5.65 Å². The molecule has 1 aromatic carbocycles. The van der Waals surface area contributed by atoms with Crippen molar-refractivity contribution in [3.05, 3.63) is 47.9 Å². The highest BCUT2D eigenvalue weighted by Crippen LogP contribution is 2.42. The number of nitrogens with zero attached hydrogens (tertiary/aromatic N) is 3. The summed E-state index contributed by atoms with van der Waals surface area (Å²) in [5, 5.41) is 11.2. The van der Waals surface area contributed by atoms with Crippen molar-refractivity contribution in [2.24, 2.45) is 5.92 Å². The van der Waals surface area contributed by atoms with Gasteiger partial charge in [-0.3, -0.25) is 0 Å². The second-order valence-electron chi connectivity index (χ2n) is 7.75. The molecule has 0 unspecified atom stereocenters. The van der Waals surface area contributed by atoms with Crippen molar-refractivity contribution >= 4 is 17.2 Å². The normalized spacial score (nSPS) is 19.7. The van der Waals surface area contributed by atoms with Gasteiger partial charge in [-0.1, -0.05) is 6.07 Å². The third kappa shape index (κ3) is 3.67. The van der Waals surface area contributed by atoms with Crippen LogP contribution in [0.2, 0.25) is 0 Å². The lowest BCUT2D eigenvalue weighted by atomic mass is 10.0. The zero-order valence-corrected chi connectivity index (χ0v) is 15.7. The molecule has 2 aromatic heterocycles. The van der Waals surface area contributed by atoms with E-state index in [1.54, 1.807) is 10.6 Å². The minimum absolute atomic E-state index is 0.282. The molecule has 3 heterocycles. The van der Waals surface area contributed by atoms with E-state index in [4.69, 9.17) is 9.72 Å². The van der Waals surface area contributed by atoms with Gasteiger partial charge in [-0.05, 0) is 56.3 Å². The molecule has 1 aliphatic carbocycles. The summed E-state index contributed by atoms with van der Waals surface area (Å²) in [7, 11) is 0. The maximum Gasteiger partial charge on any atom is 0.219 e. The molecular formula is C21H24FN5O. The molecule has 5 rings (SSSR count).